The predicted octanol–water partition coefficient (Wildman–Crippen LogP) is 3.02. The van der Waals surface area contributed by atoms with E-state index >= 15 is 0 Å². The molecule has 2 aromatic rings. The SMILES string of the molecule is Cc1ccc(NC(=O)c2ccc(CC#N)cc2)c(O)c1. The first kappa shape index (κ1) is 13.6. The number of nitrogens with zero attached hydrogens (tertiary/aromatic N) is 1. The Bertz CT molecular complexity index is 670. The van der Waals surface area contributed by atoms with Crippen molar-refractivity contribution < 1.29 is 9.90 Å². The van der Waals surface area contributed by atoms with Crippen molar-refractivity contribution in [2.24, 2.45) is 0 Å². The molecule has 2 aromatic carbocycles. The highest BCUT2D eigenvalue weighted by molar-refractivity contribution is 6.05. The molecule has 0 heterocycles. The molecular weight excluding hydrogens is 252 g/mol. The van der Waals surface area contributed by atoms with E-state index in [2.05, 4.69) is 11.4 Å². The molecule has 2 N–H and O–H groups in total. The molecule has 100 valence electrons. The van der Waals surface area contributed by atoms with Gasteiger partial charge in [0.2, 0.25) is 0 Å². The van der Waals surface area contributed by atoms with Gasteiger partial charge in [-0.1, -0.05) is 18.2 Å². The minimum Gasteiger partial charge on any atom is -0.506 e. The third kappa shape index (κ3) is 3.15. The summed E-state index contributed by atoms with van der Waals surface area (Å²) in [5.74, 6) is -0.257. The lowest BCUT2D eigenvalue weighted by Gasteiger charge is -2.08. The molecule has 0 aliphatic rings. The summed E-state index contributed by atoms with van der Waals surface area (Å²) in [7, 11) is 0. The molecule has 0 atom stereocenters. The van der Waals surface area contributed by atoms with E-state index in [1.165, 1.54) is 0 Å². The van der Waals surface area contributed by atoms with Crippen molar-refractivity contribution >= 4 is 11.6 Å². The van der Waals surface area contributed by atoms with E-state index in [4.69, 9.17) is 5.26 Å². The normalized spacial score (nSPS) is 9.80. The lowest BCUT2D eigenvalue weighted by molar-refractivity contribution is 0.102. The van der Waals surface area contributed by atoms with Gasteiger partial charge >= 0.3 is 0 Å². The summed E-state index contributed by atoms with van der Waals surface area (Å²) in [6.45, 7) is 1.86. The Labute approximate surface area is 117 Å². The third-order valence-corrected chi connectivity index (χ3v) is 2.90. The van der Waals surface area contributed by atoms with Crippen LogP contribution in [0.1, 0.15) is 21.5 Å². The summed E-state index contributed by atoms with van der Waals surface area (Å²) < 4.78 is 0. The van der Waals surface area contributed by atoms with Crippen LogP contribution >= 0.6 is 0 Å². The van der Waals surface area contributed by atoms with E-state index in [9.17, 15) is 9.90 Å². The van der Waals surface area contributed by atoms with Gasteiger partial charge in [0.05, 0.1) is 18.2 Å². The van der Waals surface area contributed by atoms with Gasteiger partial charge in [-0.05, 0) is 42.3 Å². The number of aryl methyl sites for hydroxylation is 1. The Morgan fingerprint density at radius 3 is 2.55 bits per heavy atom. The number of phenolic OH excluding ortho intramolecular Hbond substituents is 1. The fraction of sp³-hybridized carbons (Fsp3) is 0.125. The fourth-order valence-electron chi connectivity index (χ4n) is 1.81. The smallest absolute Gasteiger partial charge is 0.255 e. The Hall–Kier alpha value is -2.80. The molecular formula is C16H14N2O2. The second-order valence-corrected chi connectivity index (χ2v) is 4.51. The molecule has 0 fully saturated rings. The summed E-state index contributed by atoms with van der Waals surface area (Å²) >= 11 is 0. The van der Waals surface area contributed by atoms with Crippen molar-refractivity contribution in [3.8, 4) is 11.8 Å². The highest BCUT2D eigenvalue weighted by atomic mass is 16.3. The number of aromatic hydroxyl groups is 1. The van der Waals surface area contributed by atoms with Crippen molar-refractivity contribution in [1.82, 2.24) is 0 Å². The molecule has 0 aromatic heterocycles. The predicted molar refractivity (Wildman–Crippen MR) is 76.6 cm³/mol. The average molecular weight is 266 g/mol. The highest BCUT2D eigenvalue weighted by Gasteiger charge is 2.08. The zero-order chi connectivity index (χ0) is 14.5. The van der Waals surface area contributed by atoms with Gasteiger partial charge in [-0.3, -0.25) is 4.79 Å². The summed E-state index contributed by atoms with van der Waals surface area (Å²) in [6, 6.07) is 13.9. The molecule has 0 saturated heterocycles. The van der Waals surface area contributed by atoms with E-state index in [1.807, 2.05) is 13.0 Å². The number of nitrogens with one attached hydrogen (secondary N) is 1. The van der Waals surface area contributed by atoms with Crippen LogP contribution in [0.25, 0.3) is 0 Å². The molecule has 1 amide bonds. The number of phenols is 1. The number of amides is 1. The van der Waals surface area contributed by atoms with Gasteiger partial charge in [0, 0.05) is 5.56 Å². The summed E-state index contributed by atoms with van der Waals surface area (Å²) in [6.07, 6.45) is 0.320. The van der Waals surface area contributed by atoms with Gasteiger partial charge in [0.15, 0.2) is 0 Å². The van der Waals surface area contributed by atoms with Gasteiger partial charge in [-0.2, -0.15) is 5.26 Å². The molecule has 2 rings (SSSR count). The van der Waals surface area contributed by atoms with Crippen molar-refractivity contribution in [2.45, 2.75) is 13.3 Å². The van der Waals surface area contributed by atoms with E-state index in [1.54, 1.807) is 36.4 Å². The minimum absolute atomic E-state index is 0.0412. The number of anilines is 1. The molecule has 0 bridgehead atoms. The standard InChI is InChI=1S/C16H14N2O2/c1-11-2-7-14(15(19)10-11)18-16(20)13-5-3-12(4-6-13)8-9-17/h2-7,10,19H,8H2,1H3,(H,18,20). The number of hydrogen-bond acceptors (Lipinski definition) is 3. The zero-order valence-electron chi connectivity index (χ0n) is 11.1. The number of nitriles is 1. The first-order chi connectivity index (χ1) is 9.60. The molecule has 0 spiro atoms. The summed E-state index contributed by atoms with van der Waals surface area (Å²) in [4.78, 5) is 12.0. The quantitative estimate of drug-likeness (QED) is 0.839. The molecule has 0 radical (unpaired) electrons. The zero-order valence-corrected chi connectivity index (χ0v) is 11.1. The lowest BCUT2D eigenvalue weighted by Crippen LogP contribution is -2.12. The number of benzene rings is 2. The van der Waals surface area contributed by atoms with Crippen LogP contribution in [0.3, 0.4) is 0 Å². The highest BCUT2D eigenvalue weighted by Crippen LogP contribution is 2.24. The topological polar surface area (TPSA) is 73.1 Å². The lowest BCUT2D eigenvalue weighted by atomic mass is 10.1. The summed E-state index contributed by atoms with van der Waals surface area (Å²) in [5, 5.41) is 21.0. The van der Waals surface area contributed by atoms with Gasteiger partial charge in [-0.25, -0.2) is 0 Å². The van der Waals surface area contributed by atoms with E-state index in [-0.39, 0.29) is 11.7 Å². The van der Waals surface area contributed by atoms with Crippen LogP contribution in [0.15, 0.2) is 42.5 Å². The first-order valence-electron chi connectivity index (χ1n) is 6.17. The largest absolute Gasteiger partial charge is 0.506 e. The second-order valence-electron chi connectivity index (χ2n) is 4.51. The average Bonchev–Trinajstić information content (AvgIpc) is 2.43. The maximum absolute atomic E-state index is 12.0. The van der Waals surface area contributed by atoms with Crippen molar-refractivity contribution in [3.05, 3.63) is 59.2 Å². The van der Waals surface area contributed by atoms with Gasteiger partial charge in [0.25, 0.3) is 5.91 Å². The molecule has 20 heavy (non-hydrogen) atoms. The number of carbonyl (C=O) groups is 1. The molecule has 0 saturated carbocycles. The number of hydrogen-bond donors (Lipinski definition) is 2. The van der Waals surface area contributed by atoms with Crippen LogP contribution in [0.4, 0.5) is 5.69 Å². The van der Waals surface area contributed by atoms with Gasteiger partial charge < -0.3 is 10.4 Å². The third-order valence-electron chi connectivity index (χ3n) is 2.90. The van der Waals surface area contributed by atoms with E-state index in [0.29, 0.717) is 17.7 Å². The minimum atomic E-state index is -0.298. The number of rotatable bonds is 3. The first-order valence-corrected chi connectivity index (χ1v) is 6.17. The molecule has 4 heteroatoms. The Kier molecular flexibility index (Phi) is 4.02. The monoisotopic (exact) mass is 266 g/mol. The van der Waals surface area contributed by atoms with Crippen molar-refractivity contribution in [3.63, 3.8) is 0 Å². The van der Waals surface area contributed by atoms with Crippen LogP contribution in [-0.2, 0) is 6.42 Å². The van der Waals surface area contributed by atoms with Crippen molar-refractivity contribution in [2.75, 3.05) is 5.32 Å². The summed E-state index contributed by atoms with van der Waals surface area (Å²) in [5.41, 5.74) is 2.64. The van der Waals surface area contributed by atoms with Crippen LogP contribution in [0.5, 0.6) is 5.75 Å². The molecule has 0 unspecified atom stereocenters. The van der Waals surface area contributed by atoms with Gasteiger partial charge in [0.1, 0.15) is 5.75 Å². The molecule has 0 aliphatic carbocycles. The van der Waals surface area contributed by atoms with Crippen LogP contribution in [0.2, 0.25) is 0 Å². The second kappa shape index (κ2) is 5.89. The Balaban J connectivity index is 2.13. The van der Waals surface area contributed by atoms with E-state index < -0.39 is 0 Å². The van der Waals surface area contributed by atoms with Crippen LogP contribution in [-0.4, -0.2) is 11.0 Å². The molecule has 4 nitrogen and oxygen atoms in total. The molecule has 0 aliphatic heterocycles. The maximum atomic E-state index is 12.0. The Morgan fingerprint density at radius 2 is 1.95 bits per heavy atom. The van der Waals surface area contributed by atoms with Gasteiger partial charge in [-0.15, -0.1) is 0 Å². The maximum Gasteiger partial charge on any atom is 0.255 e. The van der Waals surface area contributed by atoms with Crippen LogP contribution in [0, 0.1) is 18.3 Å². The Morgan fingerprint density at radius 1 is 1.25 bits per heavy atom. The van der Waals surface area contributed by atoms with Crippen LogP contribution < -0.4 is 5.32 Å². The fourth-order valence-corrected chi connectivity index (χ4v) is 1.81. The van der Waals surface area contributed by atoms with Crippen molar-refractivity contribution in [1.29, 1.82) is 5.26 Å². The van der Waals surface area contributed by atoms with E-state index in [0.717, 1.165) is 11.1 Å². The number of carbonyl (C=O) groups excluding carboxylic acids is 1.